The van der Waals surface area contributed by atoms with Crippen LogP contribution in [-0.4, -0.2) is 42.8 Å². The number of para-hydroxylation sites is 1. The smallest absolute Gasteiger partial charge is 0.335 e. The third kappa shape index (κ3) is 7.94. The van der Waals surface area contributed by atoms with E-state index < -0.39 is 18.2 Å². The summed E-state index contributed by atoms with van der Waals surface area (Å²) in [5.41, 5.74) is 3.37. The van der Waals surface area contributed by atoms with Gasteiger partial charge in [0, 0.05) is 24.2 Å². The Hall–Kier alpha value is -4.63. The second-order valence-electron chi connectivity index (χ2n) is 8.60. The minimum Gasteiger partial charge on any atom is -0.495 e. The van der Waals surface area contributed by atoms with Crippen LogP contribution in [0.25, 0.3) is 0 Å². The molecular weight excluding hydrogens is 486 g/mol. The highest BCUT2D eigenvalue weighted by atomic mass is 16.5. The minimum absolute atomic E-state index is 0.110. The van der Waals surface area contributed by atoms with Crippen LogP contribution >= 0.6 is 0 Å². The van der Waals surface area contributed by atoms with Crippen LogP contribution in [0.3, 0.4) is 0 Å². The number of carboxylic acids is 1. The fourth-order valence-corrected chi connectivity index (χ4v) is 3.54. The average Bonchev–Trinajstić information content (AvgIpc) is 2.89. The van der Waals surface area contributed by atoms with Gasteiger partial charge in [0.2, 0.25) is 0 Å². The van der Waals surface area contributed by atoms with Crippen LogP contribution in [0.5, 0.6) is 11.5 Å². The first-order valence-corrected chi connectivity index (χ1v) is 11.9. The van der Waals surface area contributed by atoms with Crippen LogP contribution in [0.4, 0.5) is 16.2 Å². The molecule has 0 heterocycles. The molecule has 0 aliphatic rings. The molecular formula is C29H31N3O6. The van der Waals surface area contributed by atoms with Crippen LogP contribution in [0, 0.1) is 6.92 Å². The van der Waals surface area contributed by atoms with E-state index in [9.17, 15) is 14.4 Å². The van der Waals surface area contributed by atoms with Crippen LogP contribution in [0.2, 0.25) is 0 Å². The Morgan fingerprint density at radius 3 is 2.32 bits per heavy atom. The maximum atomic E-state index is 12.7. The summed E-state index contributed by atoms with van der Waals surface area (Å²) in [5.74, 6) is -0.240. The van der Waals surface area contributed by atoms with E-state index in [4.69, 9.17) is 14.6 Å². The number of ether oxygens (including phenoxy) is 2. The first-order valence-electron chi connectivity index (χ1n) is 11.9. The maximum Gasteiger partial charge on any atom is 0.335 e. The number of aromatic carboxylic acids is 1. The molecule has 0 aromatic heterocycles. The zero-order valence-corrected chi connectivity index (χ0v) is 21.5. The fourth-order valence-electron chi connectivity index (χ4n) is 3.54. The Labute approximate surface area is 221 Å². The number of hydrogen-bond acceptors (Lipinski definition) is 6. The van der Waals surface area contributed by atoms with Crippen molar-refractivity contribution in [1.29, 1.82) is 0 Å². The molecule has 3 rings (SSSR count). The number of carbonyl (C=O) groups excluding carboxylic acids is 2. The Morgan fingerprint density at radius 2 is 1.66 bits per heavy atom. The van der Waals surface area contributed by atoms with E-state index in [-0.39, 0.29) is 24.3 Å². The molecule has 9 heteroatoms. The Morgan fingerprint density at radius 1 is 0.974 bits per heavy atom. The summed E-state index contributed by atoms with van der Waals surface area (Å²) in [6.45, 7) is 7.77. The molecule has 1 unspecified atom stereocenters. The number of carboxylic acid groups (broad SMARTS) is 1. The Balaban J connectivity index is 1.51. The van der Waals surface area contributed by atoms with Crippen molar-refractivity contribution in [1.82, 2.24) is 5.32 Å². The van der Waals surface area contributed by atoms with Gasteiger partial charge in [0.15, 0.2) is 5.78 Å². The fraction of sp³-hybridized carbons (Fsp3) is 0.207. The van der Waals surface area contributed by atoms with Crippen molar-refractivity contribution in [2.24, 2.45) is 0 Å². The predicted octanol–water partition coefficient (Wildman–Crippen LogP) is 5.03. The van der Waals surface area contributed by atoms with Crippen molar-refractivity contribution in [2.45, 2.75) is 26.5 Å². The van der Waals surface area contributed by atoms with Crippen molar-refractivity contribution in [2.75, 3.05) is 24.3 Å². The van der Waals surface area contributed by atoms with Gasteiger partial charge in [0.05, 0.1) is 18.4 Å². The lowest BCUT2D eigenvalue weighted by molar-refractivity contribution is -0.115. The lowest BCUT2D eigenvalue weighted by atomic mass is 10.0. The number of nitrogens with one attached hydrogen (secondary N) is 3. The monoisotopic (exact) mass is 517 g/mol. The van der Waals surface area contributed by atoms with E-state index in [0.717, 1.165) is 5.56 Å². The molecule has 0 aliphatic carbocycles. The van der Waals surface area contributed by atoms with E-state index in [1.807, 2.05) is 31.2 Å². The molecule has 9 nitrogen and oxygen atoms in total. The Kier molecular flexibility index (Phi) is 9.61. The number of aryl methyl sites for hydroxylation is 1. The van der Waals surface area contributed by atoms with Gasteiger partial charge in [-0.2, -0.15) is 0 Å². The summed E-state index contributed by atoms with van der Waals surface area (Å²) in [4.78, 5) is 36.1. The largest absolute Gasteiger partial charge is 0.495 e. The van der Waals surface area contributed by atoms with Crippen molar-refractivity contribution in [3.05, 3.63) is 95.6 Å². The standard InChI is InChI=1S/C29H31N3O6/c1-18-7-5-6-8-24(18)31-29(36)32-25-14-9-21(16-27(25)37-4)15-26(33)19(2)17-30-20(3)38-23-12-10-22(11-13-23)28(34)35/h5-14,16,20,30H,2,15,17H2,1,3-4H3,(H,34,35)(H2,31,32,36). The van der Waals surface area contributed by atoms with Gasteiger partial charge in [-0.1, -0.05) is 30.8 Å². The summed E-state index contributed by atoms with van der Waals surface area (Å²) in [6, 6.07) is 18.2. The van der Waals surface area contributed by atoms with Crippen molar-refractivity contribution >= 4 is 29.2 Å². The zero-order valence-electron chi connectivity index (χ0n) is 21.5. The van der Waals surface area contributed by atoms with Gasteiger partial charge in [0.1, 0.15) is 17.7 Å². The molecule has 3 aromatic carbocycles. The molecule has 0 fully saturated rings. The highest BCUT2D eigenvalue weighted by Crippen LogP contribution is 2.26. The molecule has 0 spiro atoms. The zero-order chi connectivity index (χ0) is 27.7. The van der Waals surface area contributed by atoms with E-state index in [0.29, 0.717) is 34.0 Å². The lowest BCUT2D eigenvalue weighted by Crippen LogP contribution is -2.34. The van der Waals surface area contributed by atoms with E-state index in [1.54, 1.807) is 37.3 Å². The second-order valence-corrected chi connectivity index (χ2v) is 8.60. The number of amides is 2. The maximum absolute atomic E-state index is 12.7. The number of carbonyl (C=O) groups is 3. The van der Waals surface area contributed by atoms with Gasteiger partial charge in [-0.3, -0.25) is 10.1 Å². The van der Waals surface area contributed by atoms with E-state index >= 15 is 0 Å². The molecule has 3 aromatic rings. The number of anilines is 2. The van der Waals surface area contributed by atoms with Gasteiger partial charge in [-0.05, 0) is 67.4 Å². The predicted molar refractivity (Wildman–Crippen MR) is 146 cm³/mol. The van der Waals surface area contributed by atoms with Crippen LogP contribution < -0.4 is 25.4 Å². The SMILES string of the molecule is C=C(CNC(C)Oc1ccc(C(=O)O)cc1)C(=O)Cc1ccc(NC(=O)Nc2ccccc2C)c(OC)c1. The van der Waals surface area contributed by atoms with Gasteiger partial charge >= 0.3 is 12.0 Å². The summed E-state index contributed by atoms with van der Waals surface area (Å²) < 4.78 is 11.1. The summed E-state index contributed by atoms with van der Waals surface area (Å²) in [5, 5.41) is 17.6. The number of urea groups is 1. The topological polar surface area (TPSA) is 126 Å². The molecule has 2 amide bonds. The highest BCUT2D eigenvalue weighted by molar-refractivity contribution is 6.01. The van der Waals surface area contributed by atoms with Gasteiger partial charge in [-0.15, -0.1) is 0 Å². The van der Waals surface area contributed by atoms with Crippen molar-refractivity contribution in [3.8, 4) is 11.5 Å². The highest BCUT2D eigenvalue weighted by Gasteiger charge is 2.14. The van der Waals surface area contributed by atoms with Crippen LogP contribution in [0.15, 0.2) is 78.9 Å². The molecule has 0 bridgehead atoms. The van der Waals surface area contributed by atoms with Crippen LogP contribution in [0.1, 0.15) is 28.4 Å². The summed E-state index contributed by atoms with van der Waals surface area (Å²) in [6.07, 6.45) is -0.329. The van der Waals surface area contributed by atoms with E-state index in [1.165, 1.54) is 19.2 Å². The first-order chi connectivity index (χ1) is 18.2. The Bertz CT molecular complexity index is 1320. The van der Waals surface area contributed by atoms with Crippen LogP contribution in [-0.2, 0) is 11.2 Å². The number of methoxy groups -OCH3 is 1. The number of rotatable bonds is 12. The molecule has 1 atom stereocenters. The average molecular weight is 518 g/mol. The summed E-state index contributed by atoms with van der Waals surface area (Å²) >= 11 is 0. The van der Waals surface area contributed by atoms with Gasteiger partial charge in [0.25, 0.3) is 0 Å². The minimum atomic E-state index is -1.01. The first kappa shape index (κ1) is 27.9. The normalized spacial score (nSPS) is 11.2. The molecule has 38 heavy (non-hydrogen) atoms. The number of benzene rings is 3. The molecule has 0 saturated heterocycles. The number of ketones is 1. The van der Waals surface area contributed by atoms with Gasteiger partial charge < -0.3 is 25.2 Å². The number of Topliss-reactive ketones (excluding diaryl/α,β-unsaturated/α-hetero) is 1. The lowest BCUT2D eigenvalue weighted by Gasteiger charge is -2.17. The third-order valence-electron chi connectivity index (χ3n) is 5.68. The second kappa shape index (κ2) is 13.1. The molecule has 0 saturated carbocycles. The quantitative estimate of drug-likeness (QED) is 0.196. The van der Waals surface area contributed by atoms with Crippen molar-refractivity contribution < 1.29 is 29.0 Å². The summed E-state index contributed by atoms with van der Waals surface area (Å²) in [7, 11) is 1.49. The molecule has 4 N–H and O–H groups in total. The van der Waals surface area contributed by atoms with E-state index in [2.05, 4.69) is 22.5 Å². The molecule has 198 valence electrons. The third-order valence-corrected chi connectivity index (χ3v) is 5.68. The van der Waals surface area contributed by atoms with Crippen molar-refractivity contribution in [3.63, 3.8) is 0 Å². The van der Waals surface area contributed by atoms with Gasteiger partial charge in [-0.25, -0.2) is 9.59 Å². The number of hydrogen-bond donors (Lipinski definition) is 4. The molecule has 0 radical (unpaired) electrons. The molecule has 0 aliphatic heterocycles.